The average molecular weight is 362 g/mol. The van der Waals surface area contributed by atoms with Crippen LogP contribution >= 0.6 is 0 Å². The number of benzene rings is 2. The highest BCUT2D eigenvalue weighted by Gasteiger charge is 2.12. The number of nitrogens with zero attached hydrogens (tertiary/aromatic N) is 3. The number of carboxylic acid groups (broad SMARTS) is 1. The summed E-state index contributed by atoms with van der Waals surface area (Å²) in [6.07, 6.45) is 1.64. The standard InChI is InChI=1S/C20H17N3O4/c1-13-9-16(12-21-17-6-3-5-15(10-17)20(24)25)14(2)22(13)18-7-4-8-19(11-18)23(26)27/h3-12H,1-2H3,(H,24,25)/p-1. The molecule has 136 valence electrons. The average Bonchev–Trinajstić information content (AvgIpc) is 2.93. The fourth-order valence-corrected chi connectivity index (χ4v) is 2.92. The number of hydrogen-bond donors (Lipinski definition) is 0. The van der Waals surface area contributed by atoms with Crippen LogP contribution in [-0.2, 0) is 0 Å². The molecule has 0 aliphatic rings. The lowest BCUT2D eigenvalue weighted by molar-refractivity contribution is -0.384. The first-order chi connectivity index (χ1) is 12.9. The molecule has 0 N–H and O–H groups in total. The zero-order valence-electron chi connectivity index (χ0n) is 14.7. The zero-order valence-corrected chi connectivity index (χ0v) is 14.7. The number of aromatic carboxylic acids is 1. The molecule has 0 fully saturated rings. The normalized spacial score (nSPS) is 11.0. The minimum Gasteiger partial charge on any atom is -0.545 e. The third kappa shape index (κ3) is 3.77. The number of rotatable bonds is 5. The summed E-state index contributed by atoms with van der Waals surface area (Å²) in [4.78, 5) is 25.9. The summed E-state index contributed by atoms with van der Waals surface area (Å²) < 4.78 is 1.91. The maximum absolute atomic E-state index is 11.0. The molecule has 0 atom stereocenters. The van der Waals surface area contributed by atoms with Crippen LogP contribution in [-0.4, -0.2) is 21.7 Å². The van der Waals surface area contributed by atoms with Gasteiger partial charge in [0.15, 0.2) is 0 Å². The van der Waals surface area contributed by atoms with Gasteiger partial charge < -0.3 is 14.5 Å². The van der Waals surface area contributed by atoms with Gasteiger partial charge in [-0.2, -0.15) is 0 Å². The molecule has 0 aliphatic heterocycles. The highest BCUT2D eigenvalue weighted by Crippen LogP contribution is 2.23. The maximum Gasteiger partial charge on any atom is 0.271 e. The lowest BCUT2D eigenvalue weighted by Crippen LogP contribution is -2.21. The molecular weight excluding hydrogens is 346 g/mol. The monoisotopic (exact) mass is 362 g/mol. The molecule has 0 spiro atoms. The predicted molar refractivity (Wildman–Crippen MR) is 99.9 cm³/mol. The molecule has 7 nitrogen and oxygen atoms in total. The number of aliphatic imine (C=N–C) groups is 1. The number of aryl methyl sites for hydroxylation is 1. The molecule has 0 aliphatic carbocycles. The van der Waals surface area contributed by atoms with Gasteiger partial charge in [-0.05, 0) is 43.7 Å². The lowest BCUT2D eigenvalue weighted by atomic mass is 10.2. The summed E-state index contributed by atoms with van der Waals surface area (Å²) in [5, 5.41) is 22.0. The van der Waals surface area contributed by atoms with Gasteiger partial charge >= 0.3 is 0 Å². The first-order valence-electron chi connectivity index (χ1n) is 8.16. The van der Waals surface area contributed by atoms with Gasteiger partial charge in [-0.3, -0.25) is 15.1 Å². The van der Waals surface area contributed by atoms with Gasteiger partial charge in [0.25, 0.3) is 5.69 Å². The molecular formula is C20H16N3O4-. The number of carbonyl (C=O) groups excluding carboxylic acids is 1. The van der Waals surface area contributed by atoms with E-state index in [4.69, 9.17) is 0 Å². The summed E-state index contributed by atoms with van der Waals surface area (Å²) in [5.74, 6) is -1.25. The molecule has 0 radical (unpaired) electrons. The second-order valence-electron chi connectivity index (χ2n) is 6.03. The molecule has 0 bridgehead atoms. The van der Waals surface area contributed by atoms with Crippen molar-refractivity contribution in [2.45, 2.75) is 13.8 Å². The lowest BCUT2D eigenvalue weighted by Gasteiger charge is -2.09. The first kappa shape index (κ1) is 18.1. The van der Waals surface area contributed by atoms with Gasteiger partial charge in [0.1, 0.15) is 0 Å². The van der Waals surface area contributed by atoms with E-state index in [9.17, 15) is 20.0 Å². The number of hydrogen-bond acceptors (Lipinski definition) is 5. The highest BCUT2D eigenvalue weighted by molar-refractivity contribution is 5.88. The van der Waals surface area contributed by atoms with Gasteiger partial charge in [0, 0.05) is 35.3 Å². The summed E-state index contributed by atoms with van der Waals surface area (Å²) in [5.41, 5.74) is 3.87. The van der Waals surface area contributed by atoms with Crippen molar-refractivity contribution >= 4 is 23.6 Å². The number of nitro groups is 1. The molecule has 0 unspecified atom stereocenters. The number of carbonyl (C=O) groups is 1. The van der Waals surface area contributed by atoms with E-state index in [0.717, 1.165) is 17.0 Å². The van der Waals surface area contributed by atoms with Crippen molar-refractivity contribution < 1.29 is 14.8 Å². The van der Waals surface area contributed by atoms with Gasteiger partial charge in [-0.15, -0.1) is 0 Å². The highest BCUT2D eigenvalue weighted by atomic mass is 16.6. The number of aromatic nitrogens is 1. The fourth-order valence-electron chi connectivity index (χ4n) is 2.92. The van der Waals surface area contributed by atoms with Gasteiger partial charge in [-0.25, -0.2) is 0 Å². The molecule has 0 amide bonds. The van der Waals surface area contributed by atoms with Crippen LogP contribution in [0.1, 0.15) is 27.3 Å². The fraction of sp³-hybridized carbons (Fsp3) is 0.100. The third-order valence-corrected chi connectivity index (χ3v) is 4.20. The van der Waals surface area contributed by atoms with Crippen LogP contribution in [0.15, 0.2) is 59.6 Å². The van der Waals surface area contributed by atoms with Crippen LogP contribution < -0.4 is 5.11 Å². The van der Waals surface area contributed by atoms with E-state index in [0.29, 0.717) is 11.4 Å². The largest absolute Gasteiger partial charge is 0.545 e. The Morgan fingerprint density at radius 1 is 1.11 bits per heavy atom. The SMILES string of the molecule is Cc1cc(C=Nc2cccc(C(=O)[O-])c2)c(C)n1-c1cccc([N+](=O)[O-])c1. The second kappa shape index (κ2) is 7.25. The summed E-state index contributed by atoms with van der Waals surface area (Å²) in [7, 11) is 0. The van der Waals surface area contributed by atoms with Gasteiger partial charge in [0.05, 0.1) is 22.3 Å². The molecule has 0 saturated carbocycles. The Morgan fingerprint density at radius 2 is 1.85 bits per heavy atom. The third-order valence-electron chi connectivity index (χ3n) is 4.20. The Balaban J connectivity index is 1.97. The minimum atomic E-state index is -1.25. The van der Waals surface area contributed by atoms with Crippen molar-refractivity contribution in [3.63, 3.8) is 0 Å². The van der Waals surface area contributed by atoms with Crippen LogP contribution in [0.5, 0.6) is 0 Å². The van der Waals surface area contributed by atoms with E-state index >= 15 is 0 Å². The Morgan fingerprint density at radius 3 is 2.56 bits per heavy atom. The van der Waals surface area contributed by atoms with Gasteiger partial charge in [-0.1, -0.05) is 18.2 Å². The smallest absolute Gasteiger partial charge is 0.271 e. The Labute approximate surface area is 155 Å². The Kier molecular flexibility index (Phi) is 4.85. The minimum absolute atomic E-state index is 0.0225. The molecule has 3 rings (SSSR count). The second-order valence-corrected chi connectivity index (χ2v) is 6.03. The molecule has 1 heterocycles. The topological polar surface area (TPSA) is 101 Å². The Bertz CT molecular complexity index is 1070. The Hall–Kier alpha value is -3.74. The van der Waals surface area contributed by atoms with Crippen molar-refractivity contribution in [1.29, 1.82) is 0 Å². The van der Waals surface area contributed by atoms with E-state index in [1.807, 2.05) is 24.5 Å². The van der Waals surface area contributed by atoms with Gasteiger partial charge in [0.2, 0.25) is 0 Å². The van der Waals surface area contributed by atoms with E-state index < -0.39 is 10.9 Å². The maximum atomic E-state index is 11.0. The van der Waals surface area contributed by atoms with Crippen LogP contribution in [0.2, 0.25) is 0 Å². The summed E-state index contributed by atoms with van der Waals surface area (Å²) >= 11 is 0. The molecule has 3 aromatic rings. The van der Waals surface area contributed by atoms with Crippen LogP contribution in [0, 0.1) is 24.0 Å². The molecule has 1 aromatic heterocycles. The van der Waals surface area contributed by atoms with Crippen LogP contribution in [0.25, 0.3) is 5.69 Å². The molecule has 7 heteroatoms. The summed E-state index contributed by atoms with van der Waals surface area (Å²) in [6.45, 7) is 3.80. The van der Waals surface area contributed by atoms with E-state index in [-0.39, 0.29) is 11.3 Å². The van der Waals surface area contributed by atoms with Crippen molar-refractivity contribution in [2.75, 3.05) is 0 Å². The predicted octanol–water partition coefficient (Wildman–Crippen LogP) is 3.12. The number of non-ortho nitro benzene ring substituents is 1. The van der Waals surface area contributed by atoms with Crippen LogP contribution in [0.4, 0.5) is 11.4 Å². The van der Waals surface area contributed by atoms with Crippen molar-refractivity contribution in [1.82, 2.24) is 4.57 Å². The van der Waals surface area contributed by atoms with Crippen LogP contribution in [0.3, 0.4) is 0 Å². The van der Waals surface area contributed by atoms with Crippen molar-refractivity contribution in [3.8, 4) is 5.69 Å². The summed E-state index contributed by atoms with van der Waals surface area (Å²) in [6, 6.07) is 14.5. The number of nitro benzene ring substituents is 1. The molecule has 27 heavy (non-hydrogen) atoms. The number of carboxylic acids is 1. The molecule has 0 saturated heterocycles. The zero-order chi connectivity index (χ0) is 19.6. The van der Waals surface area contributed by atoms with Crippen molar-refractivity contribution in [3.05, 3.63) is 87.2 Å². The van der Waals surface area contributed by atoms with E-state index in [1.165, 1.54) is 24.3 Å². The van der Waals surface area contributed by atoms with Crippen molar-refractivity contribution in [2.24, 2.45) is 4.99 Å². The first-order valence-corrected chi connectivity index (χ1v) is 8.16. The quantitative estimate of drug-likeness (QED) is 0.395. The molecule has 2 aromatic carbocycles. The van der Waals surface area contributed by atoms with E-state index in [1.54, 1.807) is 30.5 Å². The van der Waals surface area contributed by atoms with E-state index in [2.05, 4.69) is 4.99 Å².